The van der Waals surface area contributed by atoms with Gasteiger partial charge < -0.3 is 10.2 Å². The van der Waals surface area contributed by atoms with Crippen molar-refractivity contribution in [1.29, 1.82) is 5.41 Å². The lowest BCUT2D eigenvalue weighted by Crippen LogP contribution is -2.20. The molecule has 0 atom stereocenters. The zero-order valence-electron chi connectivity index (χ0n) is 12.2. The highest BCUT2D eigenvalue weighted by Gasteiger charge is 2.01. The summed E-state index contributed by atoms with van der Waals surface area (Å²) in [4.78, 5) is 2.32. The summed E-state index contributed by atoms with van der Waals surface area (Å²) in [6.45, 7) is 1.99. The first kappa shape index (κ1) is 15.6. The molecule has 0 heterocycles. The lowest BCUT2D eigenvalue weighted by molar-refractivity contribution is 0.331. The molecule has 0 fully saturated rings. The number of hydrogen-bond acceptors (Lipinski definition) is 2. The molecule has 0 aliphatic rings. The second-order valence-electron chi connectivity index (χ2n) is 5.14. The van der Waals surface area contributed by atoms with Crippen LogP contribution in [0.3, 0.4) is 0 Å². The molecule has 4 heteroatoms. The largest absolute Gasteiger partial charge is 0.335 e. The van der Waals surface area contributed by atoms with Gasteiger partial charge in [-0.05, 0) is 36.7 Å². The van der Waals surface area contributed by atoms with E-state index in [-0.39, 0.29) is 5.17 Å². The number of thiol groups is 1. The van der Waals surface area contributed by atoms with E-state index in [4.69, 9.17) is 5.41 Å². The van der Waals surface area contributed by atoms with Crippen LogP contribution in [0.2, 0.25) is 0 Å². The van der Waals surface area contributed by atoms with Gasteiger partial charge in [-0.3, -0.25) is 5.41 Å². The van der Waals surface area contributed by atoms with Crippen molar-refractivity contribution in [3.8, 4) is 0 Å². The van der Waals surface area contributed by atoms with Crippen molar-refractivity contribution in [2.24, 2.45) is 0 Å². The smallest absolute Gasteiger partial charge is 0.155 e. The normalized spacial score (nSPS) is 10.6. The highest BCUT2D eigenvalue weighted by molar-refractivity contribution is 7.97. The standard InChI is InChI=1S/C17H21N3S/c1-20(13-15-5-3-2-4-6-15)12-11-14-7-9-16(10-8-14)19-17(18)21/h2-10H,11-13H2,1H3,(H3,18,19,21). The van der Waals surface area contributed by atoms with Crippen molar-refractivity contribution in [3.63, 3.8) is 0 Å². The molecule has 2 rings (SSSR count). The van der Waals surface area contributed by atoms with Gasteiger partial charge in [0, 0.05) is 18.8 Å². The topological polar surface area (TPSA) is 39.1 Å². The minimum Gasteiger partial charge on any atom is -0.335 e. The van der Waals surface area contributed by atoms with Crippen LogP contribution in [0.25, 0.3) is 0 Å². The first-order chi connectivity index (χ1) is 10.1. The van der Waals surface area contributed by atoms with Gasteiger partial charge in [0.25, 0.3) is 0 Å². The van der Waals surface area contributed by atoms with Gasteiger partial charge >= 0.3 is 0 Å². The van der Waals surface area contributed by atoms with Crippen LogP contribution in [0, 0.1) is 5.41 Å². The fourth-order valence-corrected chi connectivity index (χ4v) is 2.31. The number of rotatable bonds is 6. The third-order valence-electron chi connectivity index (χ3n) is 3.29. The number of nitrogens with one attached hydrogen (secondary N) is 2. The number of amidine groups is 1. The SMILES string of the molecule is CN(CCc1ccc(NC(=N)S)cc1)Cc1ccccc1. The van der Waals surface area contributed by atoms with E-state index < -0.39 is 0 Å². The van der Waals surface area contributed by atoms with Crippen LogP contribution in [0.1, 0.15) is 11.1 Å². The van der Waals surface area contributed by atoms with Crippen LogP contribution < -0.4 is 5.32 Å². The molecule has 2 aromatic rings. The molecule has 0 aliphatic heterocycles. The summed E-state index contributed by atoms with van der Waals surface area (Å²) in [7, 11) is 2.14. The van der Waals surface area contributed by atoms with Crippen molar-refractivity contribution in [2.45, 2.75) is 13.0 Å². The van der Waals surface area contributed by atoms with Gasteiger partial charge in [0.2, 0.25) is 0 Å². The maximum atomic E-state index is 7.28. The predicted molar refractivity (Wildman–Crippen MR) is 93.3 cm³/mol. The second-order valence-corrected chi connectivity index (χ2v) is 5.59. The maximum absolute atomic E-state index is 7.28. The Hall–Kier alpha value is -1.78. The number of anilines is 1. The molecule has 0 saturated carbocycles. The quantitative estimate of drug-likeness (QED) is 0.433. The van der Waals surface area contributed by atoms with Gasteiger partial charge in [0.15, 0.2) is 5.17 Å². The molecule has 0 radical (unpaired) electrons. The van der Waals surface area contributed by atoms with Crippen molar-refractivity contribution < 1.29 is 0 Å². The first-order valence-corrected chi connectivity index (χ1v) is 7.44. The average Bonchev–Trinajstić information content (AvgIpc) is 2.47. The monoisotopic (exact) mass is 299 g/mol. The Bertz CT molecular complexity index is 566. The Balaban J connectivity index is 1.81. The number of nitrogens with zero attached hydrogens (tertiary/aromatic N) is 1. The average molecular weight is 299 g/mol. The molecule has 0 aromatic heterocycles. The fraction of sp³-hybridized carbons (Fsp3) is 0.235. The molecule has 0 bridgehead atoms. The van der Waals surface area contributed by atoms with Gasteiger partial charge in [-0.15, -0.1) is 12.6 Å². The van der Waals surface area contributed by atoms with Crippen LogP contribution in [0.15, 0.2) is 54.6 Å². The third kappa shape index (κ3) is 5.61. The third-order valence-corrected chi connectivity index (χ3v) is 3.41. The molecule has 110 valence electrons. The molecule has 3 nitrogen and oxygen atoms in total. The molecule has 0 unspecified atom stereocenters. The number of likely N-dealkylation sites (N-methyl/N-ethyl adjacent to an activating group) is 1. The highest BCUT2D eigenvalue weighted by atomic mass is 32.1. The van der Waals surface area contributed by atoms with Crippen molar-refractivity contribution in [2.75, 3.05) is 18.9 Å². The molecule has 0 amide bonds. The first-order valence-electron chi connectivity index (χ1n) is 6.99. The van der Waals surface area contributed by atoms with E-state index in [0.29, 0.717) is 0 Å². The number of benzene rings is 2. The fourth-order valence-electron chi connectivity index (χ4n) is 2.19. The van der Waals surface area contributed by atoms with E-state index in [1.54, 1.807) is 0 Å². The molecule has 2 N–H and O–H groups in total. The Morgan fingerprint density at radius 3 is 2.33 bits per heavy atom. The van der Waals surface area contributed by atoms with E-state index in [2.05, 4.69) is 66.3 Å². The summed E-state index contributed by atoms with van der Waals surface area (Å²) < 4.78 is 0. The van der Waals surface area contributed by atoms with E-state index >= 15 is 0 Å². The molecule has 21 heavy (non-hydrogen) atoms. The van der Waals surface area contributed by atoms with Crippen LogP contribution in [0.5, 0.6) is 0 Å². The zero-order valence-corrected chi connectivity index (χ0v) is 13.1. The highest BCUT2D eigenvalue weighted by Crippen LogP contribution is 2.11. The molecular formula is C17H21N3S. The summed E-state index contributed by atoms with van der Waals surface area (Å²) >= 11 is 3.92. The Labute approximate surface area is 131 Å². The van der Waals surface area contributed by atoms with Crippen LogP contribution in [-0.4, -0.2) is 23.7 Å². The number of hydrogen-bond donors (Lipinski definition) is 3. The minimum absolute atomic E-state index is 0.158. The summed E-state index contributed by atoms with van der Waals surface area (Å²) in [5.74, 6) is 0. The van der Waals surface area contributed by atoms with Crippen molar-refractivity contribution in [3.05, 3.63) is 65.7 Å². The molecule has 0 saturated heterocycles. The van der Waals surface area contributed by atoms with Gasteiger partial charge in [-0.25, -0.2) is 0 Å². The molecule has 2 aromatic carbocycles. The predicted octanol–water partition coefficient (Wildman–Crippen LogP) is 3.64. The summed E-state index contributed by atoms with van der Waals surface area (Å²) in [6, 6.07) is 18.7. The lowest BCUT2D eigenvalue weighted by atomic mass is 10.1. The van der Waals surface area contributed by atoms with Gasteiger partial charge in [-0.1, -0.05) is 42.5 Å². The molecule has 0 spiro atoms. The van der Waals surface area contributed by atoms with Crippen molar-refractivity contribution >= 4 is 23.5 Å². The second kappa shape index (κ2) is 7.86. The van der Waals surface area contributed by atoms with E-state index in [9.17, 15) is 0 Å². The van der Waals surface area contributed by atoms with Crippen LogP contribution in [0.4, 0.5) is 5.69 Å². The summed E-state index contributed by atoms with van der Waals surface area (Å²) in [6.07, 6.45) is 1.02. The summed E-state index contributed by atoms with van der Waals surface area (Å²) in [5, 5.41) is 10.3. The van der Waals surface area contributed by atoms with E-state index in [0.717, 1.165) is 25.2 Å². The van der Waals surface area contributed by atoms with Crippen molar-refractivity contribution in [1.82, 2.24) is 4.90 Å². The molecular weight excluding hydrogens is 278 g/mol. The zero-order chi connectivity index (χ0) is 15.1. The van der Waals surface area contributed by atoms with E-state index in [1.165, 1.54) is 11.1 Å². The lowest BCUT2D eigenvalue weighted by Gasteiger charge is -2.16. The Morgan fingerprint density at radius 1 is 1.05 bits per heavy atom. The minimum atomic E-state index is 0.158. The molecule has 0 aliphatic carbocycles. The maximum Gasteiger partial charge on any atom is 0.155 e. The van der Waals surface area contributed by atoms with Crippen LogP contribution >= 0.6 is 12.6 Å². The van der Waals surface area contributed by atoms with Gasteiger partial charge in [-0.2, -0.15) is 0 Å². The Morgan fingerprint density at radius 2 is 1.71 bits per heavy atom. The summed E-state index contributed by atoms with van der Waals surface area (Å²) in [5.41, 5.74) is 3.54. The van der Waals surface area contributed by atoms with Crippen LogP contribution in [-0.2, 0) is 13.0 Å². The van der Waals surface area contributed by atoms with Gasteiger partial charge in [0.05, 0.1) is 0 Å². The Kier molecular flexibility index (Phi) is 5.84. The van der Waals surface area contributed by atoms with Gasteiger partial charge in [0.1, 0.15) is 0 Å². The van der Waals surface area contributed by atoms with E-state index in [1.807, 2.05) is 18.2 Å².